The molecule has 1 amide bonds. The van der Waals surface area contributed by atoms with E-state index in [2.05, 4.69) is 16.0 Å². The zero-order valence-corrected chi connectivity index (χ0v) is 20.5. The van der Waals surface area contributed by atoms with Gasteiger partial charge in [-0.25, -0.2) is 0 Å². The summed E-state index contributed by atoms with van der Waals surface area (Å²) >= 11 is 13.6. The first kappa shape index (κ1) is 23.1. The molecule has 2 heterocycles. The van der Waals surface area contributed by atoms with E-state index in [-0.39, 0.29) is 5.57 Å². The van der Waals surface area contributed by atoms with Gasteiger partial charge in [-0.2, -0.15) is 10.5 Å². The van der Waals surface area contributed by atoms with Crippen molar-refractivity contribution < 1.29 is 4.79 Å². The van der Waals surface area contributed by atoms with Crippen molar-refractivity contribution in [3.05, 3.63) is 72.8 Å². The summed E-state index contributed by atoms with van der Waals surface area (Å²) in [5.41, 5.74) is 4.89. The quantitative estimate of drug-likeness (QED) is 0.321. The van der Waals surface area contributed by atoms with Crippen molar-refractivity contribution in [2.45, 2.75) is 39.5 Å². The highest BCUT2D eigenvalue weighted by molar-refractivity contribution is 7.15. The summed E-state index contributed by atoms with van der Waals surface area (Å²) in [6, 6.07) is 11.1. The first-order valence-electron chi connectivity index (χ1n) is 10.5. The number of fused-ring (bicyclic) bond motifs is 1. The molecule has 0 fully saturated rings. The minimum Gasteiger partial charge on any atom is -0.321 e. The summed E-state index contributed by atoms with van der Waals surface area (Å²) < 4.78 is 2.05. The van der Waals surface area contributed by atoms with Gasteiger partial charge in [0, 0.05) is 22.0 Å². The van der Waals surface area contributed by atoms with Crippen LogP contribution in [0, 0.1) is 36.5 Å². The Bertz CT molecular complexity index is 1380. The molecule has 1 aliphatic rings. The zero-order valence-electron chi connectivity index (χ0n) is 18.1. The SMILES string of the molecule is Cc1cc(/C=C(\C#N)C(=O)Nc2ccc(Cl)c(Cl)c2)c(C)n1-c1sc2c(c1C#N)CCCC2. The molecule has 0 radical (unpaired) electrons. The Balaban J connectivity index is 1.69. The second-order valence-electron chi connectivity index (χ2n) is 7.92. The molecule has 33 heavy (non-hydrogen) atoms. The van der Waals surface area contributed by atoms with Gasteiger partial charge in [-0.05, 0) is 81.0 Å². The van der Waals surface area contributed by atoms with Crippen LogP contribution in [0.4, 0.5) is 5.69 Å². The van der Waals surface area contributed by atoms with Gasteiger partial charge in [0.2, 0.25) is 0 Å². The summed E-state index contributed by atoms with van der Waals surface area (Å²) in [6.45, 7) is 3.90. The Kier molecular flexibility index (Phi) is 6.63. The molecule has 0 saturated heterocycles. The van der Waals surface area contributed by atoms with Crippen LogP contribution >= 0.6 is 34.5 Å². The summed E-state index contributed by atoms with van der Waals surface area (Å²) in [6.07, 6.45) is 5.78. The first-order valence-corrected chi connectivity index (χ1v) is 12.0. The van der Waals surface area contributed by atoms with Gasteiger partial charge < -0.3 is 9.88 Å². The van der Waals surface area contributed by atoms with Crippen molar-refractivity contribution in [2.75, 3.05) is 5.32 Å². The largest absolute Gasteiger partial charge is 0.321 e. The number of benzene rings is 1. The standard InChI is InChI=1S/C25H20Cl2N4OS/c1-14-9-16(10-17(12-28)24(32)30-18-7-8-21(26)22(27)11-18)15(2)31(14)25-20(13-29)19-5-3-4-6-23(19)33-25/h7-11H,3-6H2,1-2H3,(H,30,32)/b17-10+. The zero-order chi connectivity index (χ0) is 23.7. The summed E-state index contributed by atoms with van der Waals surface area (Å²) in [4.78, 5) is 14.0. The summed E-state index contributed by atoms with van der Waals surface area (Å²) in [5, 5.41) is 23.8. The molecule has 0 atom stereocenters. The second kappa shape index (κ2) is 9.45. The minimum absolute atomic E-state index is 0.0349. The summed E-state index contributed by atoms with van der Waals surface area (Å²) in [5.74, 6) is -0.537. The van der Waals surface area contributed by atoms with E-state index in [1.807, 2.05) is 26.0 Å². The molecule has 1 aromatic carbocycles. The second-order valence-corrected chi connectivity index (χ2v) is 9.82. The maximum atomic E-state index is 12.7. The normalized spacial score (nSPS) is 13.2. The molecular weight excluding hydrogens is 475 g/mol. The van der Waals surface area contributed by atoms with E-state index in [4.69, 9.17) is 23.2 Å². The van der Waals surface area contributed by atoms with Crippen LogP contribution < -0.4 is 5.32 Å². The molecule has 8 heteroatoms. The number of nitrogens with zero attached hydrogens (tertiary/aromatic N) is 3. The topological polar surface area (TPSA) is 81.6 Å². The van der Waals surface area contributed by atoms with Crippen molar-refractivity contribution in [3.8, 4) is 17.1 Å². The third-order valence-electron chi connectivity index (χ3n) is 5.78. The summed E-state index contributed by atoms with van der Waals surface area (Å²) in [7, 11) is 0. The predicted molar refractivity (Wildman–Crippen MR) is 133 cm³/mol. The first-order chi connectivity index (χ1) is 15.8. The van der Waals surface area contributed by atoms with E-state index in [1.54, 1.807) is 29.5 Å². The number of carbonyl (C=O) groups is 1. The maximum Gasteiger partial charge on any atom is 0.266 e. The number of hydrogen-bond donors (Lipinski definition) is 1. The fourth-order valence-electron chi connectivity index (χ4n) is 4.15. The average molecular weight is 495 g/mol. The molecule has 0 saturated carbocycles. The smallest absolute Gasteiger partial charge is 0.266 e. The highest BCUT2D eigenvalue weighted by Crippen LogP contribution is 2.38. The van der Waals surface area contributed by atoms with Crippen molar-refractivity contribution >= 4 is 52.2 Å². The Hall–Kier alpha value is -3.03. The third kappa shape index (κ3) is 4.43. The van der Waals surface area contributed by atoms with E-state index in [0.717, 1.165) is 53.2 Å². The lowest BCUT2D eigenvalue weighted by Crippen LogP contribution is -2.13. The van der Waals surface area contributed by atoms with E-state index >= 15 is 0 Å². The fourth-order valence-corrected chi connectivity index (χ4v) is 5.90. The van der Waals surface area contributed by atoms with Crippen LogP contribution in [0.3, 0.4) is 0 Å². The molecule has 1 N–H and O–H groups in total. The number of nitrogens with one attached hydrogen (secondary N) is 1. The molecule has 2 aromatic heterocycles. The van der Waals surface area contributed by atoms with Crippen molar-refractivity contribution in [2.24, 2.45) is 0 Å². The number of thiophene rings is 1. The molecule has 5 nitrogen and oxygen atoms in total. The molecule has 1 aliphatic carbocycles. The van der Waals surface area contributed by atoms with Gasteiger partial charge in [0.1, 0.15) is 22.7 Å². The van der Waals surface area contributed by atoms with Gasteiger partial charge in [-0.3, -0.25) is 4.79 Å². The molecular formula is C25H20Cl2N4OS. The maximum absolute atomic E-state index is 12.7. The lowest BCUT2D eigenvalue weighted by atomic mass is 9.96. The minimum atomic E-state index is -0.537. The molecule has 3 aromatic rings. The number of carbonyl (C=O) groups excluding carboxylic acids is 1. The molecule has 0 spiro atoms. The predicted octanol–water partition coefficient (Wildman–Crippen LogP) is 6.76. The van der Waals surface area contributed by atoms with E-state index in [9.17, 15) is 15.3 Å². The van der Waals surface area contributed by atoms with Crippen LogP contribution in [0.1, 0.15) is 45.8 Å². The van der Waals surface area contributed by atoms with E-state index in [0.29, 0.717) is 15.7 Å². The Morgan fingerprint density at radius 1 is 1.15 bits per heavy atom. The molecule has 4 rings (SSSR count). The van der Waals surface area contributed by atoms with Crippen LogP contribution in [0.2, 0.25) is 10.0 Å². The average Bonchev–Trinajstić information content (AvgIpc) is 3.29. The number of aryl methyl sites for hydroxylation is 2. The number of nitriles is 2. The van der Waals surface area contributed by atoms with Gasteiger partial charge in [0.15, 0.2) is 0 Å². The van der Waals surface area contributed by atoms with Gasteiger partial charge in [-0.1, -0.05) is 23.2 Å². The van der Waals surface area contributed by atoms with Crippen LogP contribution in [-0.2, 0) is 17.6 Å². The van der Waals surface area contributed by atoms with Gasteiger partial charge in [0.25, 0.3) is 5.91 Å². The third-order valence-corrected chi connectivity index (χ3v) is 7.80. The Morgan fingerprint density at radius 3 is 2.61 bits per heavy atom. The van der Waals surface area contributed by atoms with E-state index < -0.39 is 5.91 Å². The van der Waals surface area contributed by atoms with Crippen molar-refractivity contribution in [3.63, 3.8) is 0 Å². The lowest BCUT2D eigenvalue weighted by molar-refractivity contribution is -0.112. The number of anilines is 1. The van der Waals surface area contributed by atoms with Crippen LogP contribution in [0.25, 0.3) is 11.1 Å². The van der Waals surface area contributed by atoms with E-state index in [1.165, 1.54) is 16.5 Å². The Morgan fingerprint density at radius 2 is 1.91 bits per heavy atom. The number of amides is 1. The number of rotatable bonds is 4. The number of halogens is 2. The highest BCUT2D eigenvalue weighted by Gasteiger charge is 2.24. The monoisotopic (exact) mass is 494 g/mol. The highest BCUT2D eigenvalue weighted by atomic mass is 35.5. The molecule has 0 bridgehead atoms. The van der Waals surface area contributed by atoms with Gasteiger partial charge in [0.05, 0.1) is 15.6 Å². The Labute approximate surface area is 206 Å². The number of aromatic nitrogens is 1. The van der Waals surface area contributed by atoms with Crippen molar-refractivity contribution in [1.82, 2.24) is 4.57 Å². The number of hydrogen-bond acceptors (Lipinski definition) is 4. The fraction of sp³-hybridized carbons (Fsp3) is 0.240. The van der Waals surface area contributed by atoms with Crippen LogP contribution in [-0.4, -0.2) is 10.5 Å². The van der Waals surface area contributed by atoms with Crippen LogP contribution in [0.5, 0.6) is 0 Å². The van der Waals surface area contributed by atoms with Crippen molar-refractivity contribution in [1.29, 1.82) is 10.5 Å². The van der Waals surface area contributed by atoms with Gasteiger partial charge >= 0.3 is 0 Å². The molecule has 0 aliphatic heterocycles. The molecule has 166 valence electrons. The van der Waals surface area contributed by atoms with Gasteiger partial charge in [-0.15, -0.1) is 11.3 Å². The molecule has 0 unspecified atom stereocenters. The lowest BCUT2D eigenvalue weighted by Gasteiger charge is -2.10. The van der Waals surface area contributed by atoms with Crippen LogP contribution in [0.15, 0.2) is 29.8 Å².